The molecule has 1 heteroatoms. The molecule has 1 rings (SSSR count). The number of rotatable bonds is 5. The molecule has 15 heavy (non-hydrogen) atoms. The van der Waals surface area contributed by atoms with E-state index in [0.29, 0.717) is 12.0 Å². The quantitative estimate of drug-likeness (QED) is 0.775. The van der Waals surface area contributed by atoms with Crippen LogP contribution in [0.2, 0.25) is 0 Å². The third-order valence-corrected chi connectivity index (χ3v) is 2.90. The van der Waals surface area contributed by atoms with Gasteiger partial charge in [-0.15, -0.1) is 0 Å². The first kappa shape index (κ1) is 12.3. The summed E-state index contributed by atoms with van der Waals surface area (Å²) >= 11 is 0. The Labute approximate surface area is 93.9 Å². The van der Waals surface area contributed by atoms with Crippen LogP contribution in [0.4, 0.5) is 0 Å². The Hall–Kier alpha value is -0.820. The lowest BCUT2D eigenvalue weighted by Gasteiger charge is -2.20. The molecule has 1 atom stereocenters. The predicted molar refractivity (Wildman–Crippen MR) is 66.9 cm³/mol. The van der Waals surface area contributed by atoms with Gasteiger partial charge in [0.25, 0.3) is 0 Å². The molecule has 84 valence electrons. The normalized spacial score (nSPS) is 13.1. The van der Waals surface area contributed by atoms with E-state index in [1.165, 1.54) is 17.5 Å². The zero-order chi connectivity index (χ0) is 11.3. The molecule has 0 unspecified atom stereocenters. The highest BCUT2D eigenvalue weighted by atomic mass is 14.9. The second-order valence-corrected chi connectivity index (χ2v) is 4.63. The third-order valence-electron chi connectivity index (χ3n) is 2.90. The van der Waals surface area contributed by atoms with E-state index in [0.717, 1.165) is 6.54 Å². The van der Waals surface area contributed by atoms with Crippen LogP contribution in [0.5, 0.6) is 0 Å². The maximum atomic E-state index is 3.61. The summed E-state index contributed by atoms with van der Waals surface area (Å²) in [4.78, 5) is 0. The fourth-order valence-corrected chi connectivity index (χ4v) is 1.92. The largest absolute Gasteiger partial charge is 0.310 e. The van der Waals surface area contributed by atoms with Crippen LogP contribution in [0.1, 0.15) is 38.3 Å². The Morgan fingerprint density at radius 3 is 2.53 bits per heavy atom. The molecule has 0 heterocycles. The SMILES string of the molecule is CC[C@@H](NCc1cccc(C)c1)C(C)C. The maximum absolute atomic E-state index is 3.61. The molecule has 1 aromatic rings. The molecule has 1 nitrogen and oxygen atoms in total. The molecule has 0 amide bonds. The van der Waals surface area contributed by atoms with Gasteiger partial charge >= 0.3 is 0 Å². The summed E-state index contributed by atoms with van der Waals surface area (Å²) in [6.45, 7) is 9.92. The molecule has 1 aromatic carbocycles. The Balaban J connectivity index is 2.49. The summed E-state index contributed by atoms with van der Waals surface area (Å²) in [5, 5.41) is 3.61. The van der Waals surface area contributed by atoms with Crippen LogP contribution in [0.3, 0.4) is 0 Å². The highest BCUT2D eigenvalue weighted by molar-refractivity contribution is 5.22. The van der Waals surface area contributed by atoms with Crippen molar-refractivity contribution >= 4 is 0 Å². The Morgan fingerprint density at radius 1 is 1.27 bits per heavy atom. The minimum Gasteiger partial charge on any atom is -0.310 e. The Kier molecular flexibility index (Phi) is 4.83. The fourth-order valence-electron chi connectivity index (χ4n) is 1.92. The summed E-state index contributed by atoms with van der Waals surface area (Å²) < 4.78 is 0. The Morgan fingerprint density at radius 2 is 2.00 bits per heavy atom. The lowest BCUT2D eigenvalue weighted by Crippen LogP contribution is -2.32. The van der Waals surface area contributed by atoms with Crippen LogP contribution >= 0.6 is 0 Å². The molecule has 0 aliphatic heterocycles. The van der Waals surface area contributed by atoms with Crippen LogP contribution in [0.25, 0.3) is 0 Å². The van der Waals surface area contributed by atoms with E-state index >= 15 is 0 Å². The van der Waals surface area contributed by atoms with E-state index in [9.17, 15) is 0 Å². The average molecular weight is 205 g/mol. The van der Waals surface area contributed by atoms with Gasteiger partial charge in [-0.25, -0.2) is 0 Å². The zero-order valence-corrected chi connectivity index (χ0v) is 10.4. The first-order chi connectivity index (χ1) is 7.13. The fraction of sp³-hybridized carbons (Fsp3) is 0.571. The summed E-state index contributed by atoms with van der Waals surface area (Å²) in [6.07, 6.45) is 1.20. The van der Waals surface area contributed by atoms with Crippen molar-refractivity contribution in [3.8, 4) is 0 Å². The van der Waals surface area contributed by atoms with Crippen molar-refractivity contribution < 1.29 is 0 Å². The monoisotopic (exact) mass is 205 g/mol. The van der Waals surface area contributed by atoms with Crippen LogP contribution < -0.4 is 5.32 Å². The van der Waals surface area contributed by atoms with Crippen molar-refractivity contribution in [2.24, 2.45) is 5.92 Å². The lowest BCUT2D eigenvalue weighted by molar-refractivity contribution is 0.387. The van der Waals surface area contributed by atoms with Crippen molar-refractivity contribution in [2.75, 3.05) is 0 Å². The molecule has 0 fully saturated rings. The molecular weight excluding hydrogens is 182 g/mol. The first-order valence-electron chi connectivity index (χ1n) is 5.92. The van der Waals surface area contributed by atoms with Gasteiger partial charge in [0.15, 0.2) is 0 Å². The van der Waals surface area contributed by atoms with Gasteiger partial charge in [0.1, 0.15) is 0 Å². The van der Waals surface area contributed by atoms with Crippen molar-refractivity contribution in [2.45, 2.75) is 46.7 Å². The molecule has 1 N–H and O–H groups in total. The van der Waals surface area contributed by atoms with E-state index in [-0.39, 0.29) is 0 Å². The Bertz CT molecular complexity index is 291. The van der Waals surface area contributed by atoms with E-state index in [1.54, 1.807) is 0 Å². The predicted octanol–water partition coefficient (Wildman–Crippen LogP) is 3.52. The van der Waals surface area contributed by atoms with Crippen LogP contribution in [0.15, 0.2) is 24.3 Å². The molecule has 0 spiro atoms. The molecular formula is C14H23N. The third kappa shape index (κ3) is 4.05. The van der Waals surface area contributed by atoms with Gasteiger partial charge in [-0.2, -0.15) is 0 Å². The van der Waals surface area contributed by atoms with E-state index in [4.69, 9.17) is 0 Å². The van der Waals surface area contributed by atoms with Crippen LogP contribution in [-0.4, -0.2) is 6.04 Å². The summed E-state index contributed by atoms with van der Waals surface area (Å²) in [6, 6.07) is 9.34. The van der Waals surface area contributed by atoms with Crippen molar-refractivity contribution in [3.05, 3.63) is 35.4 Å². The number of nitrogens with one attached hydrogen (secondary N) is 1. The molecule has 0 aromatic heterocycles. The number of benzene rings is 1. The van der Waals surface area contributed by atoms with Gasteiger partial charge in [-0.1, -0.05) is 50.6 Å². The molecule has 0 saturated carbocycles. The summed E-state index contributed by atoms with van der Waals surface area (Å²) in [7, 11) is 0. The van der Waals surface area contributed by atoms with Gasteiger partial charge < -0.3 is 5.32 Å². The number of aryl methyl sites for hydroxylation is 1. The van der Waals surface area contributed by atoms with Gasteiger partial charge in [-0.05, 0) is 24.8 Å². The van der Waals surface area contributed by atoms with E-state index in [2.05, 4.69) is 57.3 Å². The topological polar surface area (TPSA) is 12.0 Å². The van der Waals surface area contributed by atoms with Crippen LogP contribution in [-0.2, 0) is 6.54 Å². The molecule has 0 saturated heterocycles. The molecule has 0 radical (unpaired) electrons. The highest BCUT2D eigenvalue weighted by Gasteiger charge is 2.09. The average Bonchev–Trinajstić information content (AvgIpc) is 2.18. The van der Waals surface area contributed by atoms with Crippen molar-refractivity contribution in [3.63, 3.8) is 0 Å². The van der Waals surface area contributed by atoms with E-state index in [1.807, 2.05) is 0 Å². The summed E-state index contributed by atoms with van der Waals surface area (Å²) in [5.74, 6) is 0.708. The zero-order valence-electron chi connectivity index (χ0n) is 10.4. The molecule has 0 aliphatic carbocycles. The minimum absolute atomic E-state index is 0.630. The van der Waals surface area contributed by atoms with Gasteiger partial charge in [0, 0.05) is 12.6 Å². The van der Waals surface area contributed by atoms with Crippen molar-refractivity contribution in [1.82, 2.24) is 5.32 Å². The first-order valence-corrected chi connectivity index (χ1v) is 5.92. The standard InChI is InChI=1S/C14H23N/c1-5-14(11(2)3)15-10-13-8-6-7-12(4)9-13/h6-9,11,14-15H,5,10H2,1-4H3/t14-/m1/s1. The summed E-state index contributed by atoms with van der Waals surface area (Å²) in [5.41, 5.74) is 2.72. The number of hydrogen-bond acceptors (Lipinski definition) is 1. The molecule has 0 aliphatic rings. The van der Waals surface area contributed by atoms with Gasteiger partial charge in [-0.3, -0.25) is 0 Å². The van der Waals surface area contributed by atoms with E-state index < -0.39 is 0 Å². The molecule has 0 bridgehead atoms. The van der Waals surface area contributed by atoms with Crippen LogP contribution in [0, 0.1) is 12.8 Å². The second-order valence-electron chi connectivity index (χ2n) is 4.63. The van der Waals surface area contributed by atoms with Gasteiger partial charge in [0.2, 0.25) is 0 Å². The lowest BCUT2D eigenvalue weighted by atomic mass is 10.0. The smallest absolute Gasteiger partial charge is 0.0208 e. The highest BCUT2D eigenvalue weighted by Crippen LogP contribution is 2.08. The number of hydrogen-bond donors (Lipinski definition) is 1. The van der Waals surface area contributed by atoms with Gasteiger partial charge in [0.05, 0.1) is 0 Å². The minimum atomic E-state index is 0.630. The maximum Gasteiger partial charge on any atom is 0.0208 e. The van der Waals surface area contributed by atoms with Crippen molar-refractivity contribution in [1.29, 1.82) is 0 Å². The second kappa shape index (κ2) is 5.92.